The number of halogens is 1. The van der Waals surface area contributed by atoms with E-state index in [0.29, 0.717) is 10.8 Å². The lowest BCUT2D eigenvalue weighted by Gasteiger charge is -2.17. The van der Waals surface area contributed by atoms with E-state index in [4.69, 9.17) is 16.3 Å². The van der Waals surface area contributed by atoms with Crippen LogP contribution in [0.2, 0.25) is 5.02 Å². The fourth-order valence-electron chi connectivity index (χ4n) is 2.08. The Bertz CT molecular complexity index is 684. The van der Waals surface area contributed by atoms with Crippen molar-refractivity contribution < 1.29 is 9.53 Å². The van der Waals surface area contributed by atoms with Gasteiger partial charge in [0.2, 0.25) is 0 Å². The molecule has 2 aromatic rings. The minimum Gasteiger partial charge on any atom is -0.481 e. The van der Waals surface area contributed by atoms with Crippen molar-refractivity contribution in [3.8, 4) is 5.75 Å². The van der Waals surface area contributed by atoms with Gasteiger partial charge in [0.05, 0.1) is 0 Å². The zero-order valence-electron chi connectivity index (χ0n) is 13.8. The molecule has 1 amide bonds. The van der Waals surface area contributed by atoms with Crippen molar-refractivity contribution in [3.05, 3.63) is 53.1 Å². The molecule has 1 N–H and O–H groups in total. The van der Waals surface area contributed by atoms with Gasteiger partial charge in [-0.25, -0.2) is 0 Å². The van der Waals surface area contributed by atoms with Crippen molar-refractivity contribution in [1.82, 2.24) is 0 Å². The van der Waals surface area contributed by atoms with Crippen LogP contribution < -0.4 is 15.0 Å². The molecule has 0 aliphatic heterocycles. The molecular weight excluding hydrogens is 312 g/mol. The lowest BCUT2D eigenvalue weighted by molar-refractivity contribution is -0.122. The maximum Gasteiger partial charge on any atom is 0.265 e. The first-order valence-corrected chi connectivity index (χ1v) is 7.75. The number of nitrogens with zero attached hydrogens (tertiary/aromatic N) is 1. The molecule has 5 heteroatoms. The molecule has 0 aromatic heterocycles. The van der Waals surface area contributed by atoms with Crippen molar-refractivity contribution >= 4 is 28.9 Å². The molecule has 0 bridgehead atoms. The number of carbonyl (C=O) groups excluding carboxylic acids is 1. The predicted molar refractivity (Wildman–Crippen MR) is 95.7 cm³/mol. The standard InChI is InChI=1S/C18H21ClN2O2/c1-12-11-14(19)5-10-17(12)23-13(2)18(22)20-15-6-8-16(9-7-15)21(3)4/h5-11,13H,1-4H3,(H,20,22). The van der Waals surface area contributed by atoms with Crippen molar-refractivity contribution in [3.63, 3.8) is 0 Å². The zero-order chi connectivity index (χ0) is 17.0. The van der Waals surface area contributed by atoms with E-state index in [1.807, 2.05) is 56.3 Å². The Labute approximate surface area is 142 Å². The third-order valence-corrected chi connectivity index (χ3v) is 3.70. The highest BCUT2D eigenvalue weighted by molar-refractivity contribution is 6.30. The van der Waals surface area contributed by atoms with Gasteiger partial charge in [-0.2, -0.15) is 0 Å². The average Bonchev–Trinajstić information content (AvgIpc) is 2.50. The molecule has 0 saturated carbocycles. The summed E-state index contributed by atoms with van der Waals surface area (Å²) in [7, 11) is 3.94. The number of ether oxygens (including phenoxy) is 1. The van der Waals surface area contributed by atoms with Gasteiger partial charge in [0.25, 0.3) is 5.91 Å². The monoisotopic (exact) mass is 332 g/mol. The summed E-state index contributed by atoms with van der Waals surface area (Å²) in [6.07, 6.45) is -0.608. The third kappa shape index (κ3) is 4.63. The smallest absolute Gasteiger partial charge is 0.265 e. The fourth-order valence-corrected chi connectivity index (χ4v) is 2.30. The first kappa shape index (κ1) is 17.2. The highest BCUT2D eigenvalue weighted by Crippen LogP contribution is 2.23. The second-order valence-electron chi connectivity index (χ2n) is 5.60. The second-order valence-corrected chi connectivity index (χ2v) is 6.04. The fraction of sp³-hybridized carbons (Fsp3) is 0.278. The van der Waals surface area contributed by atoms with Crippen LogP contribution in [0.1, 0.15) is 12.5 Å². The van der Waals surface area contributed by atoms with E-state index < -0.39 is 6.10 Å². The molecule has 2 aromatic carbocycles. The van der Waals surface area contributed by atoms with Crippen LogP contribution in [0.3, 0.4) is 0 Å². The van der Waals surface area contributed by atoms with Gasteiger partial charge in [-0.15, -0.1) is 0 Å². The Balaban J connectivity index is 1.99. The Hall–Kier alpha value is -2.20. The van der Waals surface area contributed by atoms with E-state index in [-0.39, 0.29) is 5.91 Å². The molecule has 0 aliphatic carbocycles. The first-order valence-electron chi connectivity index (χ1n) is 7.38. The number of hydrogen-bond donors (Lipinski definition) is 1. The molecule has 0 fully saturated rings. The molecule has 0 heterocycles. The number of amides is 1. The molecule has 0 saturated heterocycles. The molecule has 2 rings (SSSR count). The Morgan fingerprint density at radius 1 is 1.17 bits per heavy atom. The third-order valence-electron chi connectivity index (χ3n) is 3.46. The molecule has 1 unspecified atom stereocenters. The Morgan fingerprint density at radius 3 is 2.39 bits per heavy atom. The summed E-state index contributed by atoms with van der Waals surface area (Å²) < 4.78 is 5.72. The lowest BCUT2D eigenvalue weighted by Crippen LogP contribution is -2.30. The van der Waals surface area contributed by atoms with Gasteiger partial charge in [0.1, 0.15) is 5.75 Å². The summed E-state index contributed by atoms with van der Waals surface area (Å²) in [5.74, 6) is 0.456. The van der Waals surface area contributed by atoms with E-state index in [1.54, 1.807) is 19.1 Å². The van der Waals surface area contributed by atoms with Gasteiger partial charge in [0.15, 0.2) is 6.10 Å². The molecule has 0 spiro atoms. The quantitative estimate of drug-likeness (QED) is 0.895. The van der Waals surface area contributed by atoms with E-state index in [9.17, 15) is 4.79 Å². The van der Waals surface area contributed by atoms with Crippen molar-refractivity contribution in [2.45, 2.75) is 20.0 Å². The van der Waals surface area contributed by atoms with Gasteiger partial charge < -0.3 is 15.0 Å². The number of anilines is 2. The number of rotatable bonds is 5. The first-order chi connectivity index (χ1) is 10.9. The largest absolute Gasteiger partial charge is 0.481 e. The Kier molecular flexibility index (Phi) is 5.50. The maximum atomic E-state index is 12.2. The van der Waals surface area contributed by atoms with Gasteiger partial charge in [-0.05, 0) is 61.9 Å². The van der Waals surface area contributed by atoms with E-state index >= 15 is 0 Å². The van der Waals surface area contributed by atoms with Crippen LogP contribution in [0.15, 0.2) is 42.5 Å². The molecule has 0 radical (unpaired) electrons. The van der Waals surface area contributed by atoms with Crippen LogP contribution >= 0.6 is 11.6 Å². The van der Waals surface area contributed by atoms with Crippen LogP contribution in [-0.2, 0) is 4.79 Å². The molecule has 0 aliphatic rings. The highest BCUT2D eigenvalue weighted by atomic mass is 35.5. The average molecular weight is 333 g/mol. The maximum absolute atomic E-state index is 12.2. The predicted octanol–water partition coefficient (Wildman–Crippen LogP) is 4.12. The Morgan fingerprint density at radius 2 is 1.83 bits per heavy atom. The molecule has 122 valence electrons. The minimum absolute atomic E-state index is 0.197. The van der Waals surface area contributed by atoms with Crippen LogP contribution in [0, 0.1) is 6.92 Å². The highest BCUT2D eigenvalue weighted by Gasteiger charge is 2.16. The molecule has 4 nitrogen and oxygen atoms in total. The molecular formula is C18H21ClN2O2. The molecule has 1 atom stereocenters. The normalized spacial score (nSPS) is 11.7. The summed E-state index contributed by atoms with van der Waals surface area (Å²) >= 11 is 5.92. The topological polar surface area (TPSA) is 41.6 Å². The van der Waals surface area contributed by atoms with E-state index in [1.165, 1.54) is 0 Å². The van der Waals surface area contributed by atoms with Crippen LogP contribution in [0.5, 0.6) is 5.75 Å². The van der Waals surface area contributed by atoms with Crippen LogP contribution in [0.25, 0.3) is 0 Å². The van der Waals surface area contributed by atoms with Crippen molar-refractivity contribution in [2.24, 2.45) is 0 Å². The zero-order valence-corrected chi connectivity index (χ0v) is 14.5. The number of benzene rings is 2. The number of aryl methyl sites for hydroxylation is 1. The summed E-state index contributed by atoms with van der Waals surface area (Å²) in [4.78, 5) is 14.2. The van der Waals surface area contributed by atoms with E-state index in [0.717, 1.165) is 16.9 Å². The van der Waals surface area contributed by atoms with E-state index in [2.05, 4.69) is 5.32 Å². The van der Waals surface area contributed by atoms with Crippen molar-refractivity contribution in [2.75, 3.05) is 24.3 Å². The number of hydrogen-bond acceptors (Lipinski definition) is 3. The SMILES string of the molecule is Cc1cc(Cl)ccc1OC(C)C(=O)Nc1ccc(N(C)C)cc1. The molecule has 23 heavy (non-hydrogen) atoms. The van der Waals surface area contributed by atoms with Crippen LogP contribution in [0.4, 0.5) is 11.4 Å². The summed E-state index contributed by atoms with van der Waals surface area (Å²) in [6, 6.07) is 13.0. The van der Waals surface area contributed by atoms with Gasteiger partial charge >= 0.3 is 0 Å². The van der Waals surface area contributed by atoms with Gasteiger partial charge in [0, 0.05) is 30.5 Å². The summed E-state index contributed by atoms with van der Waals surface area (Å²) in [5, 5.41) is 3.50. The van der Waals surface area contributed by atoms with Crippen LogP contribution in [-0.4, -0.2) is 26.1 Å². The second kappa shape index (κ2) is 7.38. The number of nitrogens with one attached hydrogen (secondary N) is 1. The lowest BCUT2D eigenvalue weighted by atomic mass is 10.2. The van der Waals surface area contributed by atoms with Crippen molar-refractivity contribution in [1.29, 1.82) is 0 Å². The van der Waals surface area contributed by atoms with Gasteiger partial charge in [-0.3, -0.25) is 4.79 Å². The number of carbonyl (C=O) groups is 1. The van der Waals surface area contributed by atoms with Gasteiger partial charge in [-0.1, -0.05) is 11.6 Å². The summed E-state index contributed by atoms with van der Waals surface area (Å²) in [5.41, 5.74) is 2.71. The minimum atomic E-state index is -0.608. The summed E-state index contributed by atoms with van der Waals surface area (Å²) in [6.45, 7) is 3.61.